The average molecular weight is 549 g/mol. The number of imidazole rings is 1. The van der Waals surface area contributed by atoms with Gasteiger partial charge in [0.25, 0.3) is 5.91 Å². The van der Waals surface area contributed by atoms with Gasteiger partial charge >= 0.3 is 0 Å². The van der Waals surface area contributed by atoms with Crippen molar-refractivity contribution < 1.29 is 4.79 Å². The number of hydrogen-bond donors (Lipinski definition) is 3. The van der Waals surface area contributed by atoms with E-state index < -0.39 is 5.91 Å². The molecule has 0 saturated carbocycles. The Morgan fingerprint density at radius 3 is 2.73 bits per heavy atom. The summed E-state index contributed by atoms with van der Waals surface area (Å²) in [4.78, 5) is 39.9. The lowest BCUT2D eigenvalue weighted by Crippen LogP contribution is -2.57. The molecule has 0 atom stereocenters. The number of aromatic amines is 1. The Kier molecular flexibility index (Phi) is 5.97. The van der Waals surface area contributed by atoms with E-state index in [-0.39, 0.29) is 18.1 Å². The number of rotatable bonds is 6. The summed E-state index contributed by atoms with van der Waals surface area (Å²) in [5.74, 6) is 0.599. The highest BCUT2D eigenvalue weighted by Gasteiger charge is 2.47. The molecule has 41 heavy (non-hydrogen) atoms. The van der Waals surface area contributed by atoms with Crippen LogP contribution in [0, 0.1) is 12.3 Å². The number of carbonyl (C=O) groups excluding carboxylic acids is 1. The fourth-order valence-electron chi connectivity index (χ4n) is 6.06. The molecule has 11 heteroatoms. The van der Waals surface area contributed by atoms with Gasteiger partial charge in [-0.05, 0) is 63.3 Å². The molecule has 0 aliphatic carbocycles. The first-order valence-electron chi connectivity index (χ1n) is 13.8. The maximum Gasteiger partial charge on any atom is 0.274 e. The second-order valence-electron chi connectivity index (χ2n) is 11.3. The number of H-pyrrole nitrogens is 1. The molecular weight excluding hydrogens is 516 g/mol. The lowest BCUT2D eigenvalue weighted by Gasteiger charge is -2.48. The van der Waals surface area contributed by atoms with Gasteiger partial charge in [0.15, 0.2) is 11.5 Å². The Morgan fingerprint density at radius 2 is 1.95 bits per heavy atom. The van der Waals surface area contributed by atoms with E-state index in [9.17, 15) is 4.79 Å². The molecule has 0 aromatic carbocycles. The zero-order chi connectivity index (χ0) is 28.1. The Hall–Kier alpha value is -4.77. The van der Waals surface area contributed by atoms with Crippen molar-refractivity contribution in [2.75, 3.05) is 43.9 Å². The molecule has 2 saturated heterocycles. The number of nitrogens with one attached hydrogen (secondary N) is 2. The molecule has 1 amide bonds. The number of hydrogen-bond acceptors (Lipinski definition) is 8. The van der Waals surface area contributed by atoms with Crippen molar-refractivity contribution in [3.63, 3.8) is 0 Å². The molecule has 5 aromatic rings. The van der Waals surface area contributed by atoms with Crippen LogP contribution in [0.15, 0.2) is 61.1 Å². The van der Waals surface area contributed by atoms with Crippen molar-refractivity contribution >= 4 is 23.2 Å². The second kappa shape index (κ2) is 9.70. The molecular formula is C30H32N10O. The van der Waals surface area contributed by atoms with E-state index in [2.05, 4.69) is 37.1 Å². The highest BCUT2D eigenvalue weighted by Crippen LogP contribution is 2.40. The lowest BCUT2D eigenvalue weighted by atomic mass is 9.79. The minimum Gasteiger partial charge on any atom is -0.382 e. The highest BCUT2D eigenvalue weighted by atomic mass is 16.1. The van der Waals surface area contributed by atoms with Crippen LogP contribution in [-0.4, -0.2) is 73.4 Å². The van der Waals surface area contributed by atoms with E-state index in [0.717, 1.165) is 60.3 Å². The zero-order valence-corrected chi connectivity index (χ0v) is 23.1. The van der Waals surface area contributed by atoms with Gasteiger partial charge < -0.3 is 30.2 Å². The van der Waals surface area contributed by atoms with Crippen LogP contribution in [0.25, 0.3) is 28.3 Å². The third-order valence-corrected chi connectivity index (χ3v) is 8.18. The van der Waals surface area contributed by atoms with E-state index in [1.54, 1.807) is 0 Å². The summed E-state index contributed by atoms with van der Waals surface area (Å²) in [5.41, 5.74) is 12.0. The number of aromatic nitrogens is 6. The van der Waals surface area contributed by atoms with Crippen LogP contribution in [0.2, 0.25) is 0 Å². The highest BCUT2D eigenvalue weighted by molar-refractivity contribution is 5.97. The maximum absolute atomic E-state index is 13.4. The summed E-state index contributed by atoms with van der Waals surface area (Å²) in [6.45, 7) is 6.58. The van der Waals surface area contributed by atoms with Crippen LogP contribution in [0.3, 0.4) is 0 Å². The van der Waals surface area contributed by atoms with Crippen molar-refractivity contribution in [1.29, 1.82) is 0 Å². The molecule has 2 fully saturated rings. The summed E-state index contributed by atoms with van der Waals surface area (Å²) < 4.78 is 1.98. The number of pyridine rings is 2. The van der Waals surface area contributed by atoms with Crippen molar-refractivity contribution in [3.05, 3.63) is 78.1 Å². The summed E-state index contributed by atoms with van der Waals surface area (Å²) in [5, 5.41) is 2.95. The van der Waals surface area contributed by atoms with E-state index in [0.29, 0.717) is 16.8 Å². The van der Waals surface area contributed by atoms with Crippen LogP contribution in [-0.2, 0) is 6.54 Å². The molecule has 208 valence electrons. The molecule has 2 aliphatic rings. The average Bonchev–Trinajstić information content (AvgIpc) is 3.72. The first-order valence-corrected chi connectivity index (χ1v) is 13.8. The normalized spacial score (nSPS) is 16.4. The van der Waals surface area contributed by atoms with E-state index in [1.807, 2.05) is 72.4 Å². The first-order chi connectivity index (χ1) is 19.9. The predicted molar refractivity (Wildman–Crippen MR) is 157 cm³/mol. The van der Waals surface area contributed by atoms with Gasteiger partial charge in [-0.15, -0.1) is 0 Å². The quantitative estimate of drug-likeness (QED) is 0.295. The van der Waals surface area contributed by atoms with Gasteiger partial charge in [-0.2, -0.15) is 0 Å². The van der Waals surface area contributed by atoms with Crippen LogP contribution in [0.4, 0.5) is 11.6 Å². The predicted octanol–water partition coefficient (Wildman–Crippen LogP) is 3.14. The number of aryl methyl sites for hydroxylation is 1. The van der Waals surface area contributed by atoms with Gasteiger partial charge in [0.2, 0.25) is 0 Å². The van der Waals surface area contributed by atoms with Crippen LogP contribution >= 0.6 is 0 Å². The van der Waals surface area contributed by atoms with Gasteiger partial charge in [-0.1, -0.05) is 6.07 Å². The van der Waals surface area contributed by atoms with Crippen molar-refractivity contribution in [2.45, 2.75) is 19.9 Å². The molecule has 0 unspecified atom stereocenters. The topological polar surface area (TPSA) is 133 Å². The molecule has 1 spiro atoms. The molecule has 2 aliphatic heterocycles. The molecule has 5 aromatic heterocycles. The third-order valence-electron chi connectivity index (χ3n) is 8.18. The molecule has 0 bridgehead atoms. The summed E-state index contributed by atoms with van der Waals surface area (Å²) in [6.07, 6.45) is 6.81. The number of likely N-dealkylation sites (tertiary alicyclic amines) is 1. The second-order valence-corrected chi connectivity index (χ2v) is 11.3. The zero-order valence-electron chi connectivity index (χ0n) is 23.1. The standard InChI is InChI=1S/C30H32N10O/c1-19-13-33-23-9-8-20(15-40(19)23)25-26(22-6-4-11-32-22)37-28(31)27(36-25)29(41)34-14-21-5-3-7-24(35-21)39-17-30(18-39)10-12-38(2)16-30/h3-9,11,13,15,32H,10,12,14,16-18H2,1-2H3,(H2,31,37)(H,34,41). The van der Waals surface area contributed by atoms with Crippen LogP contribution < -0.4 is 16.0 Å². The van der Waals surface area contributed by atoms with Crippen molar-refractivity contribution in [1.82, 2.24) is 39.5 Å². The number of anilines is 2. The van der Waals surface area contributed by atoms with E-state index in [1.165, 1.54) is 6.42 Å². The summed E-state index contributed by atoms with van der Waals surface area (Å²) in [7, 11) is 2.19. The molecule has 4 N–H and O–H groups in total. The van der Waals surface area contributed by atoms with Gasteiger partial charge in [-0.3, -0.25) is 4.79 Å². The third kappa shape index (κ3) is 4.57. The Bertz CT molecular complexity index is 1750. The van der Waals surface area contributed by atoms with Gasteiger partial charge in [0.05, 0.1) is 17.9 Å². The molecule has 0 radical (unpaired) electrons. The number of nitrogen functional groups attached to an aromatic ring is 1. The molecule has 7 rings (SSSR count). The minimum absolute atomic E-state index is 0.0601. The Labute approximate surface area is 237 Å². The Balaban J connectivity index is 1.13. The van der Waals surface area contributed by atoms with Gasteiger partial charge in [0.1, 0.15) is 22.9 Å². The fourth-order valence-corrected chi connectivity index (χ4v) is 6.06. The Morgan fingerprint density at radius 1 is 1.07 bits per heavy atom. The summed E-state index contributed by atoms with van der Waals surface area (Å²) >= 11 is 0. The van der Waals surface area contributed by atoms with Crippen molar-refractivity contribution in [3.8, 4) is 22.6 Å². The number of nitrogens with zero attached hydrogens (tertiary/aromatic N) is 7. The van der Waals surface area contributed by atoms with E-state index >= 15 is 0 Å². The smallest absolute Gasteiger partial charge is 0.274 e. The fraction of sp³-hybridized carbons (Fsp3) is 0.300. The van der Waals surface area contributed by atoms with Crippen LogP contribution in [0.5, 0.6) is 0 Å². The van der Waals surface area contributed by atoms with Crippen LogP contribution in [0.1, 0.15) is 28.3 Å². The van der Waals surface area contributed by atoms with E-state index in [4.69, 9.17) is 15.7 Å². The maximum atomic E-state index is 13.4. The van der Waals surface area contributed by atoms with Crippen molar-refractivity contribution in [2.24, 2.45) is 5.41 Å². The summed E-state index contributed by atoms with van der Waals surface area (Å²) in [6, 6.07) is 13.6. The number of carbonyl (C=O) groups is 1. The molecule has 7 heterocycles. The monoisotopic (exact) mass is 548 g/mol. The number of nitrogens with two attached hydrogens (primary N) is 1. The van der Waals surface area contributed by atoms with Gasteiger partial charge in [0, 0.05) is 54.9 Å². The minimum atomic E-state index is -0.404. The number of amides is 1. The van der Waals surface area contributed by atoms with Gasteiger partial charge in [-0.25, -0.2) is 19.9 Å². The first kappa shape index (κ1) is 25.2. The lowest BCUT2D eigenvalue weighted by molar-refractivity contribution is 0.0946. The number of fused-ring (bicyclic) bond motifs is 1. The largest absolute Gasteiger partial charge is 0.382 e. The SMILES string of the molecule is Cc1cnc2ccc(-c3nc(C(=O)NCc4cccc(N5CC6(CCN(C)C6)C5)n4)c(N)nc3-c3ccc[nH]3)cn12. The molecule has 11 nitrogen and oxygen atoms in total.